The van der Waals surface area contributed by atoms with Crippen molar-refractivity contribution in [3.05, 3.63) is 0 Å². The van der Waals surface area contributed by atoms with Gasteiger partial charge in [0.05, 0.1) is 0 Å². The van der Waals surface area contributed by atoms with Crippen molar-refractivity contribution >= 4 is 5.97 Å². The first-order valence-electron chi connectivity index (χ1n) is 5.12. The molecule has 0 atom stereocenters. The van der Waals surface area contributed by atoms with Crippen LogP contribution in [0.2, 0.25) is 0 Å². The third-order valence-electron chi connectivity index (χ3n) is 2.50. The normalized spacial score (nSPS) is 11.8. The van der Waals surface area contributed by atoms with Crippen LogP contribution in [-0.4, -0.2) is 11.6 Å². The molecule has 0 unspecified atom stereocenters. The fourth-order valence-electron chi connectivity index (χ4n) is 0.783. The molecule has 0 N–H and O–H groups in total. The van der Waals surface area contributed by atoms with E-state index in [0.29, 0.717) is 12.3 Å². The standard InChI is InChI=1S/C11H22O2/c1-6-7-8-10(12)13-11(4,5)9(2)3/h9H,6-8H2,1-5H3. The Morgan fingerprint density at radius 3 is 2.31 bits per heavy atom. The molecule has 0 saturated carbocycles. The van der Waals surface area contributed by atoms with E-state index in [9.17, 15) is 4.79 Å². The molecule has 0 aromatic carbocycles. The van der Waals surface area contributed by atoms with Crippen LogP contribution in [0.1, 0.15) is 53.9 Å². The van der Waals surface area contributed by atoms with Crippen molar-refractivity contribution in [1.29, 1.82) is 0 Å². The van der Waals surface area contributed by atoms with Gasteiger partial charge in [-0.2, -0.15) is 0 Å². The Hall–Kier alpha value is -0.530. The highest BCUT2D eigenvalue weighted by atomic mass is 16.6. The summed E-state index contributed by atoms with van der Waals surface area (Å²) in [5.41, 5.74) is -0.329. The molecule has 0 saturated heterocycles. The van der Waals surface area contributed by atoms with Crippen molar-refractivity contribution < 1.29 is 9.53 Å². The van der Waals surface area contributed by atoms with Crippen LogP contribution in [0.15, 0.2) is 0 Å². The Balaban J connectivity index is 3.90. The van der Waals surface area contributed by atoms with Gasteiger partial charge in [0, 0.05) is 6.42 Å². The molecule has 13 heavy (non-hydrogen) atoms. The second-order valence-electron chi connectivity index (χ2n) is 4.34. The van der Waals surface area contributed by atoms with Crippen LogP contribution >= 0.6 is 0 Å². The molecule has 0 aromatic rings. The smallest absolute Gasteiger partial charge is 0.306 e. The van der Waals surface area contributed by atoms with Gasteiger partial charge < -0.3 is 4.74 Å². The van der Waals surface area contributed by atoms with Crippen LogP contribution < -0.4 is 0 Å². The van der Waals surface area contributed by atoms with Gasteiger partial charge in [0.1, 0.15) is 5.60 Å². The number of unbranched alkanes of at least 4 members (excludes halogenated alkanes) is 1. The van der Waals surface area contributed by atoms with E-state index in [1.165, 1.54) is 0 Å². The first-order valence-corrected chi connectivity index (χ1v) is 5.12. The third kappa shape index (κ3) is 4.91. The predicted molar refractivity (Wildman–Crippen MR) is 54.5 cm³/mol. The Labute approximate surface area is 81.7 Å². The van der Waals surface area contributed by atoms with Gasteiger partial charge >= 0.3 is 5.97 Å². The maximum absolute atomic E-state index is 11.3. The van der Waals surface area contributed by atoms with Gasteiger partial charge in [0.2, 0.25) is 0 Å². The monoisotopic (exact) mass is 186 g/mol. The highest BCUT2D eigenvalue weighted by molar-refractivity contribution is 5.69. The van der Waals surface area contributed by atoms with E-state index in [1.54, 1.807) is 0 Å². The summed E-state index contributed by atoms with van der Waals surface area (Å²) in [5, 5.41) is 0. The van der Waals surface area contributed by atoms with E-state index in [1.807, 2.05) is 13.8 Å². The molecule has 0 aliphatic carbocycles. The first kappa shape index (κ1) is 12.5. The average molecular weight is 186 g/mol. The van der Waals surface area contributed by atoms with Crippen molar-refractivity contribution in [2.45, 2.75) is 59.5 Å². The summed E-state index contributed by atoms with van der Waals surface area (Å²) in [4.78, 5) is 11.3. The van der Waals surface area contributed by atoms with Crippen LogP contribution in [0, 0.1) is 5.92 Å². The lowest BCUT2D eigenvalue weighted by Gasteiger charge is -2.29. The highest BCUT2D eigenvalue weighted by Gasteiger charge is 2.26. The average Bonchev–Trinajstić information content (AvgIpc) is 1.99. The van der Waals surface area contributed by atoms with Crippen molar-refractivity contribution in [3.8, 4) is 0 Å². The molecule has 0 aliphatic rings. The molecular weight excluding hydrogens is 164 g/mol. The van der Waals surface area contributed by atoms with Gasteiger partial charge in [-0.3, -0.25) is 4.79 Å². The van der Waals surface area contributed by atoms with Gasteiger partial charge in [-0.1, -0.05) is 27.2 Å². The van der Waals surface area contributed by atoms with Gasteiger partial charge in [0.15, 0.2) is 0 Å². The zero-order valence-corrected chi connectivity index (χ0v) is 9.52. The number of hydrogen-bond acceptors (Lipinski definition) is 2. The predicted octanol–water partition coefficient (Wildman–Crippen LogP) is 3.15. The molecule has 2 nitrogen and oxygen atoms in total. The molecule has 0 aliphatic heterocycles. The first-order chi connectivity index (χ1) is 5.90. The maximum atomic E-state index is 11.3. The molecule has 0 spiro atoms. The SMILES string of the molecule is CCCCC(=O)OC(C)(C)C(C)C. The van der Waals surface area contributed by atoms with Crippen LogP contribution in [0.25, 0.3) is 0 Å². The molecule has 0 fully saturated rings. The van der Waals surface area contributed by atoms with Gasteiger partial charge in [-0.15, -0.1) is 0 Å². The van der Waals surface area contributed by atoms with E-state index in [4.69, 9.17) is 4.74 Å². The second kappa shape index (κ2) is 5.25. The summed E-state index contributed by atoms with van der Waals surface area (Å²) < 4.78 is 5.36. The molecule has 0 radical (unpaired) electrons. The minimum absolute atomic E-state index is 0.0689. The molecule has 0 heterocycles. The van der Waals surface area contributed by atoms with E-state index in [0.717, 1.165) is 12.8 Å². The van der Waals surface area contributed by atoms with Gasteiger partial charge in [0.25, 0.3) is 0 Å². The number of hydrogen-bond donors (Lipinski definition) is 0. The summed E-state index contributed by atoms with van der Waals surface area (Å²) in [6.45, 7) is 10.1. The lowest BCUT2D eigenvalue weighted by Crippen LogP contribution is -2.33. The summed E-state index contributed by atoms with van der Waals surface area (Å²) in [5.74, 6) is 0.290. The molecule has 78 valence electrons. The van der Waals surface area contributed by atoms with Crippen LogP contribution in [0.4, 0.5) is 0 Å². The molecule has 0 amide bonds. The summed E-state index contributed by atoms with van der Waals surface area (Å²) in [7, 11) is 0. The largest absolute Gasteiger partial charge is 0.459 e. The van der Waals surface area contributed by atoms with E-state index in [2.05, 4.69) is 20.8 Å². The highest BCUT2D eigenvalue weighted by Crippen LogP contribution is 2.21. The number of carbonyl (C=O) groups is 1. The Bertz CT molecular complexity index is 159. The molecular formula is C11H22O2. The summed E-state index contributed by atoms with van der Waals surface area (Å²) in [6, 6.07) is 0. The van der Waals surface area contributed by atoms with Crippen LogP contribution in [0.5, 0.6) is 0 Å². The Morgan fingerprint density at radius 2 is 1.92 bits per heavy atom. The number of esters is 1. The number of ether oxygens (including phenoxy) is 1. The molecule has 2 heteroatoms. The summed E-state index contributed by atoms with van der Waals surface area (Å²) >= 11 is 0. The van der Waals surface area contributed by atoms with Crippen molar-refractivity contribution in [3.63, 3.8) is 0 Å². The van der Waals surface area contributed by atoms with E-state index < -0.39 is 0 Å². The Morgan fingerprint density at radius 1 is 1.38 bits per heavy atom. The lowest BCUT2D eigenvalue weighted by atomic mass is 9.94. The zero-order chi connectivity index (χ0) is 10.5. The fraction of sp³-hybridized carbons (Fsp3) is 0.909. The fourth-order valence-corrected chi connectivity index (χ4v) is 0.783. The van der Waals surface area contributed by atoms with E-state index >= 15 is 0 Å². The minimum Gasteiger partial charge on any atom is -0.459 e. The van der Waals surface area contributed by atoms with E-state index in [-0.39, 0.29) is 11.6 Å². The number of carbonyl (C=O) groups excluding carboxylic acids is 1. The summed E-state index contributed by atoms with van der Waals surface area (Å²) in [6.07, 6.45) is 2.51. The quantitative estimate of drug-likeness (QED) is 0.616. The van der Waals surface area contributed by atoms with Crippen molar-refractivity contribution in [1.82, 2.24) is 0 Å². The van der Waals surface area contributed by atoms with Gasteiger partial charge in [-0.25, -0.2) is 0 Å². The molecule has 0 bridgehead atoms. The maximum Gasteiger partial charge on any atom is 0.306 e. The molecule has 0 aromatic heterocycles. The minimum atomic E-state index is -0.329. The lowest BCUT2D eigenvalue weighted by molar-refractivity contribution is -0.160. The van der Waals surface area contributed by atoms with Crippen LogP contribution in [-0.2, 0) is 9.53 Å². The topological polar surface area (TPSA) is 26.3 Å². The van der Waals surface area contributed by atoms with Crippen molar-refractivity contribution in [2.75, 3.05) is 0 Å². The Kier molecular flexibility index (Phi) is 5.04. The number of rotatable bonds is 5. The third-order valence-corrected chi connectivity index (χ3v) is 2.50. The van der Waals surface area contributed by atoms with Crippen LogP contribution in [0.3, 0.4) is 0 Å². The zero-order valence-electron chi connectivity index (χ0n) is 9.52. The van der Waals surface area contributed by atoms with Gasteiger partial charge in [-0.05, 0) is 26.2 Å². The second-order valence-corrected chi connectivity index (χ2v) is 4.34. The molecule has 0 rings (SSSR count). The van der Waals surface area contributed by atoms with Crippen molar-refractivity contribution in [2.24, 2.45) is 5.92 Å².